The Morgan fingerprint density at radius 2 is 1.90 bits per heavy atom. The third-order valence-electron chi connectivity index (χ3n) is 3.02. The van der Waals surface area contributed by atoms with Crippen LogP contribution in [0.3, 0.4) is 0 Å². The summed E-state index contributed by atoms with van der Waals surface area (Å²) in [5, 5.41) is 20.8. The molecule has 0 aliphatic carbocycles. The third kappa shape index (κ3) is 5.83. The zero-order valence-electron chi connectivity index (χ0n) is 14.1. The Morgan fingerprint density at radius 3 is 2.33 bits per heavy atom. The second-order valence-electron chi connectivity index (χ2n) is 7.88. The topological polar surface area (TPSA) is 80.0 Å². The first-order valence-corrected chi connectivity index (χ1v) is 7.30. The van der Waals surface area contributed by atoms with Crippen molar-refractivity contribution in [2.75, 3.05) is 0 Å². The number of rotatable bonds is 5. The summed E-state index contributed by atoms with van der Waals surface area (Å²) in [5.74, 6) is -0.884. The number of hydrogen-bond donors (Lipinski definition) is 2. The molecule has 0 aliphatic rings. The lowest BCUT2D eigenvalue weighted by molar-refractivity contribution is -0.141. The maximum absolute atomic E-state index is 11.5. The molecular weight excluding hydrogens is 268 g/mol. The highest BCUT2D eigenvalue weighted by Gasteiger charge is 2.30. The van der Waals surface area contributed by atoms with Crippen molar-refractivity contribution in [3.05, 3.63) is 11.9 Å². The van der Waals surface area contributed by atoms with E-state index in [1.54, 1.807) is 4.68 Å². The number of carbonyl (C=O) groups is 1. The quantitative estimate of drug-likeness (QED) is 0.871. The summed E-state index contributed by atoms with van der Waals surface area (Å²) < 4.78 is 1.64. The van der Waals surface area contributed by atoms with Crippen LogP contribution >= 0.6 is 0 Å². The highest BCUT2D eigenvalue weighted by Crippen LogP contribution is 2.20. The van der Waals surface area contributed by atoms with E-state index in [4.69, 9.17) is 0 Å². The Bertz CT molecular complexity index is 483. The van der Waals surface area contributed by atoms with Gasteiger partial charge >= 0.3 is 5.97 Å². The molecule has 0 bridgehead atoms. The predicted octanol–water partition coefficient (Wildman–Crippen LogP) is 2.27. The van der Waals surface area contributed by atoms with Gasteiger partial charge in [0, 0.05) is 11.7 Å². The smallest absolute Gasteiger partial charge is 0.322 e. The molecule has 1 aromatic rings. The van der Waals surface area contributed by atoms with Crippen molar-refractivity contribution in [2.45, 2.75) is 72.5 Å². The second kappa shape index (κ2) is 6.13. The molecule has 0 amide bonds. The standard InChI is InChI=1S/C15H28N4O2/c1-10(12(13(20)21)16-15(5,6)7)19-9-11(17-18-19)8-14(2,3)4/h9-10,12,16H,8H2,1-7H3,(H,20,21). The van der Waals surface area contributed by atoms with Crippen molar-refractivity contribution >= 4 is 5.97 Å². The van der Waals surface area contributed by atoms with E-state index < -0.39 is 12.0 Å². The van der Waals surface area contributed by atoms with E-state index in [-0.39, 0.29) is 17.0 Å². The molecular formula is C15H28N4O2. The van der Waals surface area contributed by atoms with Gasteiger partial charge in [-0.1, -0.05) is 26.0 Å². The minimum atomic E-state index is -0.884. The molecule has 1 heterocycles. The summed E-state index contributed by atoms with van der Waals surface area (Å²) in [6.07, 6.45) is 2.65. The fourth-order valence-corrected chi connectivity index (χ4v) is 2.14. The summed E-state index contributed by atoms with van der Waals surface area (Å²) in [5.41, 5.74) is 0.723. The van der Waals surface area contributed by atoms with Gasteiger partial charge in [0.1, 0.15) is 6.04 Å². The van der Waals surface area contributed by atoms with Crippen LogP contribution < -0.4 is 5.32 Å². The average molecular weight is 296 g/mol. The minimum absolute atomic E-state index is 0.125. The fourth-order valence-electron chi connectivity index (χ4n) is 2.14. The van der Waals surface area contributed by atoms with Gasteiger partial charge in [-0.25, -0.2) is 4.68 Å². The number of aromatic nitrogens is 3. The Hall–Kier alpha value is -1.43. The lowest BCUT2D eigenvalue weighted by atomic mass is 9.91. The van der Waals surface area contributed by atoms with Crippen molar-refractivity contribution in [1.29, 1.82) is 0 Å². The number of nitrogens with zero attached hydrogens (tertiary/aromatic N) is 3. The molecule has 1 rings (SSSR count). The van der Waals surface area contributed by atoms with Crippen LogP contribution in [0.2, 0.25) is 0 Å². The fraction of sp³-hybridized carbons (Fsp3) is 0.800. The summed E-state index contributed by atoms with van der Waals surface area (Å²) in [4.78, 5) is 11.5. The predicted molar refractivity (Wildman–Crippen MR) is 82.2 cm³/mol. The van der Waals surface area contributed by atoms with Gasteiger partial charge < -0.3 is 5.11 Å². The normalized spacial score (nSPS) is 15.8. The largest absolute Gasteiger partial charge is 0.480 e. The van der Waals surface area contributed by atoms with Crippen molar-refractivity contribution < 1.29 is 9.90 Å². The summed E-state index contributed by atoms with van der Waals surface area (Å²) in [6, 6.07) is -1.03. The van der Waals surface area contributed by atoms with Crippen molar-refractivity contribution in [3.8, 4) is 0 Å². The van der Waals surface area contributed by atoms with E-state index in [2.05, 4.69) is 36.4 Å². The van der Waals surface area contributed by atoms with Gasteiger partial charge in [-0.15, -0.1) is 5.10 Å². The van der Waals surface area contributed by atoms with Crippen molar-refractivity contribution in [3.63, 3.8) is 0 Å². The van der Waals surface area contributed by atoms with E-state index in [1.807, 2.05) is 33.9 Å². The van der Waals surface area contributed by atoms with Crippen LogP contribution in [0.1, 0.15) is 60.2 Å². The summed E-state index contributed by atoms with van der Waals surface area (Å²) in [6.45, 7) is 14.1. The number of aliphatic carboxylic acids is 1. The van der Waals surface area contributed by atoms with Crippen molar-refractivity contribution in [1.82, 2.24) is 20.3 Å². The number of carboxylic acid groups (broad SMARTS) is 1. The van der Waals surface area contributed by atoms with Crippen LogP contribution in [0.4, 0.5) is 0 Å². The average Bonchev–Trinajstić information content (AvgIpc) is 2.69. The van der Waals surface area contributed by atoms with Crippen LogP contribution in [0.5, 0.6) is 0 Å². The number of hydrogen-bond acceptors (Lipinski definition) is 4. The Balaban J connectivity index is 2.90. The van der Waals surface area contributed by atoms with Crippen LogP contribution in [-0.4, -0.2) is 37.7 Å². The van der Waals surface area contributed by atoms with E-state index in [0.717, 1.165) is 12.1 Å². The van der Waals surface area contributed by atoms with Crippen LogP contribution in [0.15, 0.2) is 6.20 Å². The van der Waals surface area contributed by atoms with E-state index >= 15 is 0 Å². The molecule has 0 aromatic carbocycles. The maximum atomic E-state index is 11.5. The summed E-state index contributed by atoms with van der Waals surface area (Å²) >= 11 is 0. The zero-order chi connectivity index (χ0) is 16.4. The molecule has 0 fully saturated rings. The van der Waals surface area contributed by atoms with Crippen LogP contribution in [0, 0.1) is 5.41 Å². The lowest BCUT2D eigenvalue weighted by Crippen LogP contribution is -2.51. The van der Waals surface area contributed by atoms with Gasteiger partial charge in [-0.2, -0.15) is 0 Å². The Kier molecular flexibility index (Phi) is 5.15. The molecule has 0 saturated carbocycles. The molecule has 0 spiro atoms. The first-order chi connectivity index (χ1) is 9.39. The lowest BCUT2D eigenvalue weighted by Gasteiger charge is -2.29. The van der Waals surface area contributed by atoms with E-state index in [9.17, 15) is 9.90 Å². The van der Waals surface area contributed by atoms with Crippen molar-refractivity contribution in [2.24, 2.45) is 5.41 Å². The Morgan fingerprint density at radius 1 is 1.33 bits per heavy atom. The van der Waals surface area contributed by atoms with Gasteiger partial charge in [0.25, 0.3) is 0 Å². The summed E-state index contributed by atoms with van der Waals surface area (Å²) in [7, 11) is 0. The molecule has 2 atom stereocenters. The minimum Gasteiger partial charge on any atom is -0.480 e. The molecule has 2 N–H and O–H groups in total. The SMILES string of the molecule is CC(C(NC(C)(C)C)C(=O)O)n1cc(CC(C)(C)C)nn1. The molecule has 0 saturated heterocycles. The molecule has 21 heavy (non-hydrogen) atoms. The van der Waals surface area contributed by atoms with Gasteiger partial charge in [-0.05, 0) is 39.5 Å². The molecule has 2 unspecified atom stereocenters. The number of carboxylic acids is 1. The molecule has 1 aromatic heterocycles. The van der Waals surface area contributed by atoms with E-state index in [0.29, 0.717) is 0 Å². The number of nitrogens with one attached hydrogen (secondary N) is 1. The maximum Gasteiger partial charge on any atom is 0.322 e. The third-order valence-corrected chi connectivity index (χ3v) is 3.02. The van der Waals surface area contributed by atoms with Gasteiger partial charge in [0.05, 0.1) is 11.7 Å². The zero-order valence-corrected chi connectivity index (χ0v) is 14.1. The highest BCUT2D eigenvalue weighted by molar-refractivity contribution is 5.74. The van der Waals surface area contributed by atoms with E-state index in [1.165, 1.54) is 0 Å². The highest BCUT2D eigenvalue weighted by atomic mass is 16.4. The molecule has 6 heteroatoms. The Labute approximate surface area is 126 Å². The van der Waals surface area contributed by atoms with Gasteiger partial charge in [-0.3, -0.25) is 10.1 Å². The molecule has 6 nitrogen and oxygen atoms in total. The van der Waals surface area contributed by atoms with Gasteiger partial charge in [0.2, 0.25) is 0 Å². The van der Waals surface area contributed by atoms with Crippen LogP contribution in [0.25, 0.3) is 0 Å². The first-order valence-electron chi connectivity index (χ1n) is 7.30. The second-order valence-corrected chi connectivity index (χ2v) is 7.88. The van der Waals surface area contributed by atoms with Crippen LogP contribution in [-0.2, 0) is 11.2 Å². The molecule has 120 valence electrons. The molecule has 0 aliphatic heterocycles. The molecule has 0 radical (unpaired) electrons. The first kappa shape index (κ1) is 17.6. The monoisotopic (exact) mass is 296 g/mol. The van der Waals surface area contributed by atoms with Gasteiger partial charge in [0.15, 0.2) is 0 Å².